The van der Waals surface area contributed by atoms with Crippen molar-refractivity contribution in [3.05, 3.63) is 41.9 Å². The van der Waals surface area contributed by atoms with Gasteiger partial charge in [-0.3, -0.25) is 4.79 Å². The van der Waals surface area contributed by atoms with E-state index in [4.69, 9.17) is 0 Å². The summed E-state index contributed by atoms with van der Waals surface area (Å²) in [6, 6.07) is 5.52. The number of aromatic nitrogens is 1. The number of carboxylic acid groups (broad SMARTS) is 1. The smallest absolute Gasteiger partial charge is 0.235 e. The lowest BCUT2D eigenvalue weighted by atomic mass is 9.76. The summed E-state index contributed by atoms with van der Waals surface area (Å²) in [5.74, 6) is -2.25. The highest BCUT2D eigenvalue weighted by atomic mass is 16.4. The molecule has 4 atom stereocenters. The van der Waals surface area contributed by atoms with Gasteiger partial charge in [0.1, 0.15) is 6.54 Å². The largest absolute Gasteiger partial charge is 0.543 e. The van der Waals surface area contributed by atoms with E-state index >= 15 is 0 Å². The fourth-order valence-electron chi connectivity index (χ4n) is 3.85. The minimum atomic E-state index is -1.32. The third kappa shape index (κ3) is 2.43. The molecule has 6 heteroatoms. The number of aliphatic hydroxyl groups excluding tert-OH is 1. The number of aryl methyl sites for hydroxylation is 1. The third-order valence-corrected chi connectivity index (χ3v) is 4.96. The number of nitrogens with zero attached hydrogens (tertiary/aromatic N) is 2. The molecule has 3 heterocycles. The highest BCUT2D eigenvalue weighted by Crippen LogP contribution is 2.48. The molecule has 3 rings (SSSR count). The lowest BCUT2D eigenvalue weighted by molar-refractivity contribution is -0.698. The summed E-state index contributed by atoms with van der Waals surface area (Å²) in [5, 5.41) is 21.3. The predicted octanol–water partition coefficient (Wildman–Crippen LogP) is -0.774. The number of carbonyl (C=O) groups is 2. The Balaban J connectivity index is 1.85. The second kappa shape index (κ2) is 5.77. The molecule has 1 saturated heterocycles. The second-order valence-corrected chi connectivity index (χ2v) is 6.29. The number of aliphatic hydroxyl groups is 1. The molecule has 2 aliphatic heterocycles. The summed E-state index contributed by atoms with van der Waals surface area (Å²) in [6.45, 7) is 4.04. The van der Waals surface area contributed by atoms with Crippen LogP contribution in [0.4, 0.5) is 0 Å². The SMILES string of the molecule is CC1=C(C(=O)[O-])N2C(=O)[C@H]([C@@H](C)O)[C@H]2[C@@H]1CC[n+]1ccccc1. The highest BCUT2D eigenvalue weighted by Gasteiger charge is 2.58. The second-order valence-electron chi connectivity index (χ2n) is 6.29. The maximum absolute atomic E-state index is 12.2. The maximum atomic E-state index is 12.2. The molecule has 122 valence electrons. The molecular formula is C17H20N2O4. The van der Waals surface area contributed by atoms with Crippen LogP contribution in [-0.2, 0) is 16.1 Å². The quantitative estimate of drug-likeness (QED) is 0.571. The van der Waals surface area contributed by atoms with Crippen molar-refractivity contribution >= 4 is 11.9 Å². The summed E-state index contributed by atoms with van der Waals surface area (Å²) in [6.07, 6.45) is 3.81. The summed E-state index contributed by atoms with van der Waals surface area (Å²) in [4.78, 5) is 24.9. The zero-order chi connectivity index (χ0) is 16.7. The Hall–Kier alpha value is -2.21. The Morgan fingerprint density at radius 1 is 1.39 bits per heavy atom. The number of amides is 1. The molecular weight excluding hydrogens is 296 g/mol. The molecule has 0 spiro atoms. The van der Waals surface area contributed by atoms with Crippen molar-refractivity contribution in [1.82, 2.24) is 4.90 Å². The van der Waals surface area contributed by atoms with Crippen LogP contribution in [0.25, 0.3) is 0 Å². The lowest BCUT2D eigenvalue weighted by Gasteiger charge is -2.47. The normalized spacial score (nSPS) is 27.7. The summed E-state index contributed by atoms with van der Waals surface area (Å²) < 4.78 is 2.02. The Morgan fingerprint density at radius 2 is 2.04 bits per heavy atom. The molecule has 0 aliphatic carbocycles. The molecule has 1 aromatic rings. The van der Waals surface area contributed by atoms with Gasteiger partial charge in [0.15, 0.2) is 12.4 Å². The van der Waals surface area contributed by atoms with Gasteiger partial charge in [-0.1, -0.05) is 6.07 Å². The van der Waals surface area contributed by atoms with E-state index in [1.807, 2.05) is 35.2 Å². The number of carbonyl (C=O) groups excluding carboxylic acids is 2. The van der Waals surface area contributed by atoms with Gasteiger partial charge >= 0.3 is 0 Å². The van der Waals surface area contributed by atoms with Gasteiger partial charge in [-0.2, -0.15) is 0 Å². The molecule has 6 nitrogen and oxygen atoms in total. The number of fused-ring (bicyclic) bond motifs is 1. The molecule has 23 heavy (non-hydrogen) atoms. The number of hydrogen-bond donors (Lipinski definition) is 1. The first kappa shape index (κ1) is 15.7. The van der Waals surface area contributed by atoms with Crippen molar-refractivity contribution in [2.45, 2.75) is 39.0 Å². The van der Waals surface area contributed by atoms with E-state index in [0.717, 1.165) is 0 Å². The molecule has 0 aromatic carbocycles. The Labute approximate surface area is 134 Å². The number of aliphatic carboxylic acids is 1. The van der Waals surface area contributed by atoms with E-state index in [1.165, 1.54) is 4.90 Å². The van der Waals surface area contributed by atoms with Crippen LogP contribution in [0, 0.1) is 11.8 Å². The van der Waals surface area contributed by atoms with Crippen molar-refractivity contribution in [3.8, 4) is 0 Å². The van der Waals surface area contributed by atoms with Crippen LogP contribution in [0.5, 0.6) is 0 Å². The van der Waals surface area contributed by atoms with E-state index in [1.54, 1.807) is 13.8 Å². The van der Waals surface area contributed by atoms with Crippen molar-refractivity contribution in [3.63, 3.8) is 0 Å². The van der Waals surface area contributed by atoms with Gasteiger partial charge in [-0.25, -0.2) is 4.57 Å². The van der Waals surface area contributed by atoms with Gasteiger partial charge in [-0.15, -0.1) is 0 Å². The molecule has 1 amide bonds. The van der Waals surface area contributed by atoms with Crippen LogP contribution in [0.2, 0.25) is 0 Å². The monoisotopic (exact) mass is 316 g/mol. The summed E-state index contributed by atoms with van der Waals surface area (Å²) in [5.41, 5.74) is 0.656. The highest BCUT2D eigenvalue weighted by molar-refractivity contribution is 5.99. The van der Waals surface area contributed by atoms with Crippen molar-refractivity contribution in [2.24, 2.45) is 11.8 Å². The zero-order valence-electron chi connectivity index (χ0n) is 13.2. The lowest BCUT2D eigenvalue weighted by Crippen LogP contribution is -2.64. The molecule has 1 fully saturated rings. The topological polar surface area (TPSA) is 84.5 Å². The van der Waals surface area contributed by atoms with E-state index in [0.29, 0.717) is 18.5 Å². The van der Waals surface area contributed by atoms with Crippen LogP contribution in [0.3, 0.4) is 0 Å². The van der Waals surface area contributed by atoms with Gasteiger partial charge in [0.25, 0.3) is 0 Å². The molecule has 0 bridgehead atoms. The van der Waals surface area contributed by atoms with Gasteiger partial charge in [-0.05, 0) is 19.4 Å². The summed E-state index contributed by atoms with van der Waals surface area (Å²) in [7, 11) is 0. The van der Waals surface area contributed by atoms with E-state index < -0.39 is 18.0 Å². The molecule has 1 N–H and O–H groups in total. The maximum Gasteiger partial charge on any atom is 0.235 e. The number of rotatable bonds is 5. The number of carboxylic acids is 1. The standard InChI is InChI=1S/C17H20N2O4/c1-10-12(6-9-18-7-4-3-5-8-18)15-13(11(2)20)16(21)19(15)14(10)17(22)23/h3-5,7-8,11-13,15,20H,6,9H2,1-2H3/t11-,12-,13-,15-/m1/s1. The molecule has 0 saturated carbocycles. The van der Waals surface area contributed by atoms with Crippen LogP contribution in [0.1, 0.15) is 20.3 Å². The first-order valence-electron chi connectivity index (χ1n) is 7.80. The first-order valence-corrected chi connectivity index (χ1v) is 7.80. The van der Waals surface area contributed by atoms with Crippen LogP contribution in [-0.4, -0.2) is 34.0 Å². The van der Waals surface area contributed by atoms with Crippen molar-refractivity contribution in [2.75, 3.05) is 0 Å². The number of hydrogen-bond acceptors (Lipinski definition) is 4. The molecule has 0 unspecified atom stereocenters. The first-order chi connectivity index (χ1) is 10.9. The van der Waals surface area contributed by atoms with Gasteiger partial charge in [0.05, 0.1) is 29.7 Å². The number of β-lactam (4-membered cyclic amide) rings is 1. The van der Waals surface area contributed by atoms with Gasteiger partial charge in [0, 0.05) is 24.5 Å². The van der Waals surface area contributed by atoms with E-state index in [-0.39, 0.29) is 23.6 Å². The van der Waals surface area contributed by atoms with Crippen LogP contribution >= 0.6 is 0 Å². The minimum absolute atomic E-state index is 0.0139. The van der Waals surface area contributed by atoms with Crippen molar-refractivity contribution in [1.29, 1.82) is 0 Å². The van der Waals surface area contributed by atoms with Gasteiger partial charge in [0.2, 0.25) is 5.91 Å². The van der Waals surface area contributed by atoms with E-state index in [2.05, 4.69) is 0 Å². The third-order valence-electron chi connectivity index (χ3n) is 4.96. The predicted molar refractivity (Wildman–Crippen MR) is 78.3 cm³/mol. The fourth-order valence-corrected chi connectivity index (χ4v) is 3.85. The minimum Gasteiger partial charge on any atom is -0.543 e. The van der Waals surface area contributed by atoms with E-state index in [9.17, 15) is 19.8 Å². The average Bonchev–Trinajstić information content (AvgIpc) is 2.75. The number of pyridine rings is 1. The Morgan fingerprint density at radius 3 is 2.61 bits per heavy atom. The molecule has 1 aromatic heterocycles. The summed E-state index contributed by atoms with van der Waals surface area (Å²) >= 11 is 0. The average molecular weight is 316 g/mol. The molecule has 2 aliphatic rings. The van der Waals surface area contributed by atoms with Gasteiger partial charge < -0.3 is 19.9 Å². The Kier molecular flexibility index (Phi) is 3.93. The van der Waals surface area contributed by atoms with Crippen molar-refractivity contribution < 1.29 is 24.4 Å². The van der Waals surface area contributed by atoms with Crippen LogP contribution < -0.4 is 9.67 Å². The molecule has 0 radical (unpaired) electrons. The Bertz CT molecular complexity index is 668. The fraction of sp³-hybridized carbons (Fsp3) is 0.471. The van der Waals surface area contributed by atoms with Crippen LogP contribution in [0.15, 0.2) is 41.9 Å². The zero-order valence-corrected chi connectivity index (χ0v) is 13.2.